The average Bonchev–Trinajstić information content (AvgIpc) is 2.84. The van der Waals surface area contributed by atoms with E-state index in [4.69, 9.17) is 11.6 Å². The van der Waals surface area contributed by atoms with Crippen molar-refractivity contribution in [2.75, 3.05) is 6.54 Å². The van der Waals surface area contributed by atoms with Crippen molar-refractivity contribution in [3.05, 3.63) is 106 Å². The topological polar surface area (TPSA) is 49.4 Å². The first kappa shape index (κ1) is 26.5. The van der Waals surface area contributed by atoms with Gasteiger partial charge >= 0.3 is 0 Å². The molecule has 3 rings (SSSR count). The minimum absolute atomic E-state index is 0.0835. The average molecular weight is 491 g/mol. The molecule has 3 aromatic rings. The van der Waals surface area contributed by atoms with Crippen molar-refractivity contribution >= 4 is 23.4 Å². The maximum absolute atomic E-state index is 13.8. The first-order valence-corrected chi connectivity index (χ1v) is 12.7. The van der Waals surface area contributed by atoms with Crippen LogP contribution in [0.15, 0.2) is 72.8 Å². The predicted octanol–water partition coefficient (Wildman–Crippen LogP) is 6.06. The van der Waals surface area contributed by atoms with Crippen LogP contribution in [-0.2, 0) is 29.0 Å². The normalized spacial score (nSPS) is 11.7. The van der Waals surface area contributed by atoms with E-state index < -0.39 is 6.04 Å². The van der Waals surface area contributed by atoms with Gasteiger partial charge in [0.2, 0.25) is 11.8 Å². The van der Waals surface area contributed by atoms with Crippen LogP contribution in [-0.4, -0.2) is 29.3 Å². The van der Waals surface area contributed by atoms with Gasteiger partial charge in [-0.1, -0.05) is 85.6 Å². The molecule has 0 spiro atoms. The number of benzene rings is 3. The van der Waals surface area contributed by atoms with E-state index in [1.165, 1.54) is 5.56 Å². The highest BCUT2D eigenvalue weighted by atomic mass is 35.5. The number of nitrogens with zero attached hydrogens (tertiary/aromatic N) is 1. The van der Waals surface area contributed by atoms with Crippen LogP contribution in [0.25, 0.3) is 0 Å². The summed E-state index contributed by atoms with van der Waals surface area (Å²) in [5.41, 5.74) is 5.19. The zero-order valence-corrected chi connectivity index (χ0v) is 21.6. The zero-order valence-electron chi connectivity index (χ0n) is 20.9. The third-order valence-electron chi connectivity index (χ3n) is 6.27. The molecule has 0 aliphatic heterocycles. The van der Waals surface area contributed by atoms with E-state index in [0.29, 0.717) is 24.5 Å². The standard InChI is InChI=1S/C30H35ClN2O2/c1-4-5-16-32-30(35)28(19-24-10-7-6-8-11-24)33(21-26-12-9-13-27(31)18-26)29(34)20-25-15-14-22(2)23(3)17-25/h6-15,17-18,28H,4-5,16,19-21H2,1-3H3,(H,32,35)/t28-/m1/s1. The Morgan fingerprint density at radius 2 is 1.63 bits per heavy atom. The second-order valence-corrected chi connectivity index (χ2v) is 9.53. The molecule has 0 unspecified atom stereocenters. The van der Waals surface area contributed by atoms with Crippen LogP contribution in [0.1, 0.15) is 47.6 Å². The van der Waals surface area contributed by atoms with Crippen LogP contribution in [0.4, 0.5) is 0 Å². The van der Waals surface area contributed by atoms with Gasteiger partial charge in [-0.3, -0.25) is 9.59 Å². The largest absolute Gasteiger partial charge is 0.354 e. The minimum Gasteiger partial charge on any atom is -0.354 e. The van der Waals surface area contributed by atoms with Gasteiger partial charge in [0.05, 0.1) is 6.42 Å². The molecule has 5 heteroatoms. The van der Waals surface area contributed by atoms with E-state index in [1.54, 1.807) is 4.90 Å². The van der Waals surface area contributed by atoms with Crippen LogP contribution in [0, 0.1) is 13.8 Å². The van der Waals surface area contributed by atoms with Crippen molar-refractivity contribution in [2.45, 2.75) is 59.0 Å². The van der Waals surface area contributed by atoms with E-state index in [2.05, 4.69) is 25.2 Å². The highest BCUT2D eigenvalue weighted by Crippen LogP contribution is 2.19. The Morgan fingerprint density at radius 3 is 2.31 bits per heavy atom. The summed E-state index contributed by atoms with van der Waals surface area (Å²) in [6.45, 7) is 7.10. The van der Waals surface area contributed by atoms with Gasteiger partial charge in [-0.2, -0.15) is 0 Å². The van der Waals surface area contributed by atoms with Crippen LogP contribution < -0.4 is 5.32 Å². The van der Waals surface area contributed by atoms with Crippen molar-refractivity contribution in [1.82, 2.24) is 10.2 Å². The fraction of sp³-hybridized carbons (Fsp3) is 0.333. The van der Waals surface area contributed by atoms with Crippen molar-refractivity contribution in [1.29, 1.82) is 0 Å². The highest BCUT2D eigenvalue weighted by Gasteiger charge is 2.30. The van der Waals surface area contributed by atoms with Crippen LogP contribution in [0.3, 0.4) is 0 Å². The van der Waals surface area contributed by atoms with Gasteiger partial charge in [-0.05, 0) is 60.2 Å². The number of carbonyl (C=O) groups is 2. The summed E-state index contributed by atoms with van der Waals surface area (Å²) in [4.78, 5) is 28.9. The van der Waals surface area contributed by atoms with Crippen molar-refractivity contribution < 1.29 is 9.59 Å². The second kappa shape index (κ2) is 13.1. The number of hydrogen-bond donors (Lipinski definition) is 1. The van der Waals surface area contributed by atoms with E-state index in [-0.39, 0.29) is 18.2 Å². The number of nitrogens with one attached hydrogen (secondary N) is 1. The molecule has 184 valence electrons. The summed E-state index contributed by atoms with van der Waals surface area (Å²) in [7, 11) is 0. The summed E-state index contributed by atoms with van der Waals surface area (Å²) < 4.78 is 0. The molecule has 0 fully saturated rings. The van der Waals surface area contributed by atoms with Crippen LogP contribution in [0.2, 0.25) is 5.02 Å². The summed E-state index contributed by atoms with van der Waals surface area (Å²) in [6.07, 6.45) is 2.56. The molecule has 0 bridgehead atoms. The molecule has 35 heavy (non-hydrogen) atoms. The molecule has 4 nitrogen and oxygen atoms in total. The molecule has 0 radical (unpaired) electrons. The van der Waals surface area contributed by atoms with Gasteiger partial charge in [-0.15, -0.1) is 0 Å². The lowest BCUT2D eigenvalue weighted by Gasteiger charge is -2.32. The van der Waals surface area contributed by atoms with Crippen molar-refractivity contribution in [2.24, 2.45) is 0 Å². The molecular weight excluding hydrogens is 456 g/mol. The Labute approximate surface area is 214 Å². The van der Waals surface area contributed by atoms with Crippen molar-refractivity contribution in [3.63, 3.8) is 0 Å². The van der Waals surface area contributed by atoms with Gasteiger partial charge in [0.25, 0.3) is 0 Å². The van der Waals surface area contributed by atoms with Crippen molar-refractivity contribution in [3.8, 4) is 0 Å². The predicted molar refractivity (Wildman–Crippen MR) is 143 cm³/mol. The summed E-state index contributed by atoms with van der Waals surface area (Å²) >= 11 is 6.24. The molecule has 2 amide bonds. The summed E-state index contributed by atoms with van der Waals surface area (Å²) in [5.74, 6) is -0.211. The smallest absolute Gasteiger partial charge is 0.243 e. The third-order valence-corrected chi connectivity index (χ3v) is 6.50. The fourth-order valence-corrected chi connectivity index (χ4v) is 4.29. The molecule has 0 heterocycles. The number of rotatable bonds is 11. The Bertz CT molecular complexity index is 1130. The van der Waals surface area contributed by atoms with Crippen LogP contribution >= 0.6 is 11.6 Å². The second-order valence-electron chi connectivity index (χ2n) is 9.10. The number of aryl methyl sites for hydroxylation is 2. The highest BCUT2D eigenvalue weighted by molar-refractivity contribution is 6.30. The zero-order chi connectivity index (χ0) is 25.2. The molecule has 1 N–H and O–H groups in total. The molecule has 0 saturated heterocycles. The maximum Gasteiger partial charge on any atom is 0.243 e. The summed E-state index contributed by atoms with van der Waals surface area (Å²) in [6, 6.07) is 22.8. The number of halogens is 1. The molecule has 1 atom stereocenters. The SMILES string of the molecule is CCCCNC(=O)[C@@H](Cc1ccccc1)N(Cc1cccc(Cl)c1)C(=O)Cc1ccc(C)c(C)c1. The monoisotopic (exact) mass is 490 g/mol. The quantitative estimate of drug-likeness (QED) is 0.332. The van der Waals surface area contributed by atoms with Gasteiger partial charge in [0.1, 0.15) is 6.04 Å². The minimum atomic E-state index is -0.632. The Hall–Kier alpha value is -3.11. The van der Waals surface area contributed by atoms with E-state index in [0.717, 1.165) is 35.1 Å². The lowest BCUT2D eigenvalue weighted by atomic mass is 10.00. The van der Waals surface area contributed by atoms with E-state index >= 15 is 0 Å². The van der Waals surface area contributed by atoms with E-state index in [1.807, 2.05) is 73.7 Å². The maximum atomic E-state index is 13.8. The molecule has 0 aromatic heterocycles. The fourth-order valence-electron chi connectivity index (χ4n) is 4.08. The van der Waals surface area contributed by atoms with Gasteiger partial charge in [0, 0.05) is 24.5 Å². The lowest BCUT2D eigenvalue weighted by Crippen LogP contribution is -2.51. The molecule has 0 aliphatic carbocycles. The Morgan fingerprint density at radius 1 is 0.886 bits per heavy atom. The first-order valence-electron chi connectivity index (χ1n) is 12.3. The Kier molecular flexibility index (Phi) is 9.92. The lowest BCUT2D eigenvalue weighted by molar-refractivity contribution is -0.140. The third kappa shape index (κ3) is 7.97. The molecule has 0 saturated carbocycles. The molecular formula is C30H35ClN2O2. The first-order chi connectivity index (χ1) is 16.9. The Balaban J connectivity index is 1.95. The van der Waals surface area contributed by atoms with Gasteiger partial charge in [0.15, 0.2) is 0 Å². The van der Waals surface area contributed by atoms with E-state index in [9.17, 15) is 9.59 Å². The summed E-state index contributed by atoms with van der Waals surface area (Å²) in [5, 5.41) is 3.67. The van der Waals surface area contributed by atoms with Gasteiger partial charge in [-0.25, -0.2) is 0 Å². The number of carbonyl (C=O) groups excluding carboxylic acids is 2. The number of hydrogen-bond acceptors (Lipinski definition) is 2. The number of unbranched alkanes of at least 4 members (excludes halogenated alkanes) is 1. The number of amides is 2. The molecule has 0 aliphatic rings. The van der Waals surface area contributed by atoms with Crippen LogP contribution in [0.5, 0.6) is 0 Å². The van der Waals surface area contributed by atoms with Gasteiger partial charge < -0.3 is 10.2 Å². The molecule has 3 aromatic carbocycles.